The first kappa shape index (κ1) is 24.0. The summed E-state index contributed by atoms with van der Waals surface area (Å²) in [6.07, 6.45) is 1.22. The third kappa shape index (κ3) is 5.67. The fourth-order valence-corrected chi connectivity index (χ4v) is 4.20. The van der Waals surface area contributed by atoms with E-state index in [9.17, 15) is 14.4 Å². The Hall–Kier alpha value is -4.16. The highest BCUT2D eigenvalue weighted by Gasteiger charge is 2.18. The van der Waals surface area contributed by atoms with Crippen LogP contribution in [0.2, 0.25) is 0 Å². The number of hydrogen-bond donors (Lipinski definition) is 1. The first-order valence-corrected chi connectivity index (χ1v) is 11.6. The van der Waals surface area contributed by atoms with Gasteiger partial charge in [-0.15, -0.1) is 0 Å². The first-order valence-electron chi connectivity index (χ1n) is 11.6. The molecule has 9 heteroatoms. The van der Waals surface area contributed by atoms with Gasteiger partial charge in [-0.1, -0.05) is 30.3 Å². The van der Waals surface area contributed by atoms with Gasteiger partial charge in [0.1, 0.15) is 18.2 Å². The summed E-state index contributed by atoms with van der Waals surface area (Å²) in [7, 11) is 0. The van der Waals surface area contributed by atoms with Crippen LogP contribution in [0, 0.1) is 11.3 Å². The smallest absolute Gasteiger partial charge is 0.331 e. The Kier molecular flexibility index (Phi) is 7.43. The molecule has 4 rings (SSSR count). The summed E-state index contributed by atoms with van der Waals surface area (Å²) in [6, 6.07) is 19.8. The Balaban J connectivity index is 1.35. The number of anilines is 2. The molecular formula is C26H28N6O3. The molecule has 1 fully saturated rings. The number of piperazine rings is 1. The molecule has 1 aliphatic rings. The Morgan fingerprint density at radius 1 is 1.00 bits per heavy atom. The summed E-state index contributed by atoms with van der Waals surface area (Å²) >= 11 is 0. The predicted octanol–water partition coefficient (Wildman–Crippen LogP) is 1.86. The van der Waals surface area contributed by atoms with E-state index in [1.807, 2.05) is 30.3 Å². The average Bonchev–Trinajstić information content (AvgIpc) is 2.88. The molecule has 35 heavy (non-hydrogen) atoms. The third-order valence-corrected chi connectivity index (χ3v) is 6.14. The van der Waals surface area contributed by atoms with Crippen molar-refractivity contribution < 1.29 is 4.79 Å². The van der Waals surface area contributed by atoms with Crippen molar-refractivity contribution in [2.24, 2.45) is 0 Å². The summed E-state index contributed by atoms with van der Waals surface area (Å²) in [5.74, 6) is -0.510. The number of carbonyl (C=O) groups is 1. The topological polar surface area (TPSA) is 103 Å². The zero-order valence-corrected chi connectivity index (χ0v) is 19.7. The molecule has 0 saturated carbocycles. The number of amides is 1. The number of nitriles is 1. The number of aromatic nitrogens is 2. The van der Waals surface area contributed by atoms with Crippen LogP contribution in [0.15, 0.2) is 70.4 Å². The summed E-state index contributed by atoms with van der Waals surface area (Å²) < 4.78 is 2.03. The maximum Gasteiger partial charge on any atom is 0.331 e. The van der Waals surface area contributed by atoms with Gasteiger partial charge in [-0.25, -0.2) is 9.36 Å². The lowest BCUT2D eigenvalue weighted by Crippen LogP contribution is -2.45. The van der Waals surface area contributed by atoms with Crippen LogP contribution in [0.1, 0.15) is 18.1 Å². The van der Waals surface area contributed by atoms with E-state index in [0.717, 1.165) is 43.0 Å². The maximum atomic E-state index is 12.5. The van der Waals surface area contributed by atoms with Gasteiger partial charge in [-0.3, -0.25) is 19.1 Å². The SMILES string of the molecule is CCn1cc(C#N)c(=O)n(CC(=O)Nc2ccc(N3CCN(Cc4ccccc4)CC3)cc2)c1=O. The molecule has 3 aromatic rings. The molecule has 2 heterocycles. The highest BCUT2D eigenvalue weighted by Crippen LogP contribution is 2.20. The number of hydrogen-bond acceptors (Lipinski definition) is 6. The van der Waals surface area contributed by atoms with Crippen LogP contribution in [-0.2, 0) is 24.4 Å². The molecule has 1 N–H and O–H groups in total. The standard InChI is InChI=1S/C26H28N6O3/c1-2-30-18-21(16-27)25(34)32(26(30)35)19-24(33)28-22-8-10-23(11-9-22)31-14-12-29(13-15-31)17-20-6-4-3-5-7-20/h3-11,18H,2,12-15,17,19H2,1H3,(H,28,33). The van der Waals surface area contributed by atoms with Crippen molar-refractivity contribution in [1.82, 2.24) is 14.0 Å². The molecule has 1 aromatic heterocycles. The second kappa shape index (κ2) is 10.8. The normalized spacial score (nSPS) is 13.9. The fraction of sp³-hybridized carbons (Fsp3) is 0.308. The van der Waals surface area contributed by atoms with Gasteiger partial charge in [0.05, 0.1) is 0 Å². The van der Waals surface area contributed by atoms with E-state index in [1.165, 1.54) is 16.3 Å². The Bertz CT molecular complexity index is 1330. The fourth-order valence-electron chi connectivity index (χ4n) is 4.20. The van der Waals surface area contributed by atoms with Crippen LogP contribution >= 0.6 is 0 Å². The maximum absolute atomic E-state index is 12.5. The molecule has 2 aromatic carbocycles. The molecule has 0 spiro atoms. The van der Waals surface area contributed by atoms with E-state index < -0.39 is 23.7 Å². The summed E-state index contributed by atoms with van der Waals surface area (Å²) in [5.41, 5.74) is 1.41. The van der Waals surface area contributed by atoms with Crippen molar-refractivity contribution in [3.8, 4) is 6.07 Å². The molecule has 0 bridgehead atoms. The van der Waals surface area contributed by atoms with E-state index in [4.69, 9.17) is 5.26 Å². The summed E-state index contributed by atoms with van der Waals surface area (Å²) in [5, 5.41) is 11.9. The van der Waals surface area contributed by atoms with E-state index in [2.05, 4.69) is 39.4 Å². The quantitative estimate of drug-likeness (QED) is 0.563. The number of rotatable bonds is 7. The number of nitrogens with zero attached hydrogens (tertiary/aromatic N) is 5. The molecule has 0 radical (unpaired) electrons. The molecule has 1 aliphatic heterocycles. The summed E-state index contributed by atoms with van der Waals surface area (Å²) in [6.45, 7) is 6.28. The Morgan fingerprint density at radius 2 is 1.69 bits per heavy atom. The van der Waals surface area contributed by atoms with E-state index >= 15 is 0 Å². The first-order chi connectivity index (χ1) is 17.0. The van der Waals surface area contributed by atoms with Gasteiger partial charge in [0.15, 0.2) is 0 Å². The third-order valence-electron chi connectivity index (χ3n) is 6.14. The highest BCUT2D eigenvalue weighted by molar-refractivity contribution is 5.90. The van der Waals surface area contributed by atoms with Crippen molar-refractivity contribution in [1.29, 1.82) is 5.26 Å². The van der Waals surface area contributed by atoms with Gasteiger partial charge in [-0.2, -0.15) is 5.26 Å². The minimum atomic E-state index is -0.765. The number of nitrogens with one attached hydrogen (secondary N) is 1. The molecule has 9 nitrogen and oxygen atoms in total. The van der Waals surface area contributed by atoms with Crippen molar-refractivity contribution in [3.63, 3.8) is 0 Å². The molecule has 1 saturated heterocycles. The minimum Gasteiger partial charge on any atom is -0.369 e. The molecule has 0 unspecified atom stereocenters. The highest BCUT2D eigenvalue weighted by atomic mass is 16.2. The van der Waals surface area contributed by atoms with Gasteiger partial charge in [0.2, 0.25) is 5.91 Å². The Labute approximate surface area is 203 Å². The van der Waals surface area contributed by atoms with Crippen LogP contribution in [0.5, 0.6) is 0 Å². The number of aryl methyl sites for hydroxylation is 1. The van der Waals surface area contributed by atoms with Gasteiger partial charge >= 0.3 is 5.69 Å². The predicted molar refractivity (Wildman–Crippen MR) is 134 cm³/mol. The lowest BCUT2D eigenvalue weighted by Gasteiger charge is -2.36. The number of carbonyl (C=O) groups excluding carboxylic acids is 1. The Morgan fingerprint density at radius 3 is 2.31 bits per heavy atom. The zero-order valence-electron chi connectivity index (χ0n) is 19.7. The molecule has 1 amide bonds. The van der Waals surface area contributed by atoms with Gasteiger partial charge in [-0.05, 0) is 36.8 Å². The largest absolute Gasteiger partial charge is 0.369 e. The second-order valence-electron chi connectivity index (χ2n) is 8.46. The zero-order chi connectivity index (χ0) is 24.8. The molecule has 0 aliphatic carbocycles. The monoisotopic (exact) mass is 472 g/mol. The van der Waals surface area contributed by atoms with Crippen molar-refractivity contribution >= 4 is 17.3 Å². The van der Waals surface area contributed by atoms with Gasteiger partial charge in [0.25, 0.3) is 5.56 Å². The average molecular weight is 473 g/mol. The number of benzene rings is 2. The lowest BCUT2D eigenvalue weighted by atomic mass is 10.2. The van der Waals surface area contributed by atoms with Gasteiger partial charge in [0, 0.05) is 56.8 Å². The molecule has 0 atom stereocenters. The second-order valence-corrected chi connectivity index (χ2v) is 8.46. The van der Waals surface area contributed by atoms with E-state index in [1.54, 1.807) is 13.0 Å². The summed E-state index contributed by atoms with van der Waals surface area (Å²) in [4.78, 5) is 42.1. The van der Waals surface area contributed by atoms with Crippen LogP contribution in [0.4, 0.5) is 11.4 Å². The van der Waals surface area contributed by atoms with Crippen molar-refractivity contribution in [2.75, 3.05) is 36.4 Å². The molecular weight excluding hydrogens is 444 g/mol. The van der Waals surface area contributed by atoms with Crippen LogP contribution < -0.4 is 21.5 Å². The van der Waals surface area contributed by atoms with Crippen molar-refractivity contribution in [3.05, 3.63) is 92.8 Å². The lowest BCUT2D eigenvalue weighted by molar-refractivity contribution is -0.116. The van der Waals surface area contributed by atoms with E-state index in [0.29, 0.717) is 5.69 Å². The van der Waals surface area contributed by atoms with Crippen LogP contribution in [0.3, 0.4) is 0 Å². The van der Waals surface area contributed by atoms with Crippen molar-refractivity contribution in [2.45, 2.75) is 26.6 Å². The molecule has 180 valence electrons. The van der Waals surface area contributed by atoms with Crippen LogP contribution in [0.25, 0.3) is 0 Å². The van der Waals surface area contributed by atoms with Gasteiger partial charge < -0.3 is 10.2 Å². The van der Waals surface area contributed by atoms with Crippen LogP contribution in [-0.4, -0.2) is 46.1 Å². The van der Waals surface area contributed by atoms with E-state index in [-0.39, 0.29) is 12.1 Å². The minimum absolute atomic E-state index is 0.174.